The summed E-state index contributed by atoms with van der Waals surface area (Å²) in [6, 6.07) is 20.1. The topological polar surface area (TPSA) is 110 Å². The molecule has 8 nitrogen and oxygen atoms in total. The van der Waals surface area contributed by atoms with Crippen molar-refractivity contribution in [2.75, 3.05) is 10.6 Å². The first-order valence-electron chi connectivity index (χ1n) is 12.9. The van der Waals surface area contributed by atoms with Crippen LogP contribution in [0.5, 0.6) is 5.75 Å². The number of alkyl halides is 3. The van der Waals surface area contributed by atoms with Crippen molar-refractivity contribution in [2.45, 2.75) is 39.1 Å². The van der Waals surface area contributed by atoms with E-state index in [4.69, 9.17) is 5.11 Å². The summed E-state index contributed by atoms with van der Waals surface area (Å²) in [4.78, 5) is 36.9. The highest BCUT2D eigenvalue weighted by Gasteiger charge is 2.33. The second-order valence-electron chi connectivity index (χ2n) is 9.75. The molecule has 0 aliphatic heterocycles. The van der Waals surface area contributed by atoms with Crippen molar-refractivity contribution in [1.82, 2.24) is 4.57 Å². The average Bonchev–Trinajstić information content (AvgIpc) is 2.91. The van der Waals surface area contributed by atoms with E-state index in [1.165, 1.54) is 29.0 Å². The van der Waals surface area contributed by atoms with Crippen LogP contribution < -0.4 is 20.9 Å². The SMILES string of the molecule is Cc1ccccc1NC(=O)Nc1ccc(-c2cccn(Cc3ccc([C@@H](C)CC(=O)O)cc3)c2=O)c(OC(F)(F)F)c1. The van der Waals surface area contributed by atoms with Gasteiger partial charge < -0.3 is 25.0 Å². The number of benzene rings is 3. The van der Waals surface area contributed by atoms with Gasteiger partial charge in [-0.15, -0.1) is 13.2 Å². The fourth-order valence-electron chi connectivity index (χ4n) is 4.42. The molecule has 0 aliphatic rings. The lowest BCUT2D eigenvalue weighted by atomic mass is 9.97. The van der Waals surface area contributed by atoms with Gasteiger partial charge >= 0.3 is 18.4 Å². The molecule has 2 amide bonds. The van der Waals surface area contributed by atoms with E-state index < -0.39 is 29.7 Å². The number of pyridine rings is 1. The summed E-state index contributed by atoms with van der Waals surface area (Å²) in [5, 5.41) is 14.1. The van der Waals surface area contributed by atoms with Crippen LogP contribution in [0.3, 0.4) is 0 Å². The largest absolute Gasteiger partial charge is 0.573 e. The van der Waals surface area contributed by atoms with E-state index in [0.717, 1.165) is 22.8 Å². The van der Waals surface area contributed by atoms with Crippen LogP contribution in [0.25, 0.3) is 11.1 Å². The van der Waals surface area contributed by atoms with Crippen LogP contribution in [0.2, 0.25) is 0 Å². The van der Waals surface area contributed by atoms with Crippen LogP contribution in [0.15, 0.2) is 89.9 Å². The molecule has 0 bridgehead atoms. The number of hydrogen-bond acceptors (Lipinski definition) is 4. The van der Waals surface area contributed by atoms with Crippen molar-refractivity contribution < 1.29 is 32.6 Å². The Hall–Kier alpha value is -5.06. The van der Waals surface area contributed by atoms with Crippen molar-refractivity contribution in [3.8, 4) is 16.9 Å². The number of nitrogens with one attached hydrogen (secondary N) is 2. The molecule has 0 unspecified atom stereocenters. The number of carboxylic acid groups (broad SMARTS) is 1. The Bertz CT molecular complexity index is 1650. The predicted molar refractivity (Wildman–Crippen MR) is 153 cm³/mol. The number of carbonyl (C=O) groups is 2. The number of ether oxygens (including phenoxy) is 1. The summed E-state index contributed by atoms with van der Waals surface area (Å²) in [7, 11) is 0. The van der Waals surface area contributed by atoms with Gasteiger partial charge in [0.15, 0.2) is 0 Å². The first-order valence-corrected chi connectivity index (χ1v) is 12.9. The number of urea groups is 1. The number of nitrogens with zero attached hydrogens (tertiary/aromatic N) is 1. The molecule has 3 aromatic carbocycles. The van der Waals surface area contributed by atoms with Gasteiger partial charge in [0.25, 0.3) is 5.56 Å². The summed E-state index contributed by atoms with van der Waals surface area (Å²) >= 11 is 0. The molecule has 218 valence electrons. The molecule has 0 radical (unpaired) electrons. The van der Waals surface area contributed by atoms with Crippen molar-refractivity contribution in [3.05, 3.63) is 112 Å². The number of amides is 2. The lowest BCUT2D eigenvalue weighted by molar-refractivity contribution is -0.274. The van der Waals surface area contributed by atoms with Gasteiger partial charge in [0, 0.05) is 29.2 Å². The Balaban J connectivity index is 1.59. The Kier molecular flexibility index (Phi) is 8.99. The van der Waals surface area contributed by atoms with Crippen LogP contribution >= 0.6 is 0 Å². The monoisotopic (exact) mass is 579 g/mol. The van der Waals surface area contributed by atoms with Gasteiger partial charge in [-0.25, -0.2) is 4.79 Å². The average molecular weight is 580 g/mol. The van der Waals surface area contributed by atoms with Crippen LogP contribution in [-0.2, 0) is 11.3 Å². The molecule has 0 saturated heterocycles. The van der Waals surface area contributed by atoms with Gasteiger partial charge in [-0.1, -0.05) is 49.4 Å². The van der Waals surface area contributed by atoms with E-state index in [9.17, 15) is 27.6 Å². The second-order valence-corrected chi connectivity index (χ2v) is 9.75. The minimum Gasteiger partial charge on any atom is -0.481 e. The lowest BCUT2D eigenvalue weighted by Crippen LogP contribution is -2.23. The Labute approximate surface area is 239 Å². The Morgan fingerprint density at radius 1 is 0.952 bits per heavy atom. The Morgan fingerprint density at radius 3 is 2.33 bits per heavy atom. The molecule has 0 fully saturated rings. The lowest BCUT2D eigenvalue weighted by Gasteiger charge is -2.16. The molecule has 1 atom stereocenters. The standard InChI is InChI=1S/C31H28F3N3O5/c1-19-6-3-4-8-26(19)36-30(41)35-23-13-14-24(27(17-23)42-31(32,33)34)25-7-5-15-37(29(25)40)18-21-9-11-22(12-10-21)20(2)16-28(38)39/h3-15,17,20H,16,18H2,1-2H3,(H,38,39)(H2,35,36,41)/t20-/m0/s1. The van der Waals surface area contributed by atoms with E-state index in [2.05, 4.69) is 15.4 Å². The number of anilines is 2. The van der Waals surface area contributed by atoms with Crippen molar-refractivity contribution in [2.24, 2.45) is 0 Å². The summed E-state index contributed by atoms with van der Waals surface area (Å²) < 4.78 is 45.7. The van der Waals surface area contributed by atoms with Gasteiger partial charge in [-0.2, -0.15) is 0 Å². The molecular weight excluding hydrogens is 551 g/mol. The quantitative estimate of drug-likeness (QED) is 0.198. The number of aliphatic carboxylic acids is 1. The van der Waals surface area contributed by atoms with E-state index in [-0.39, 0.29) is 35.7 Å². The molecule has 1 aromatic heterocycles. The van der Waals surface area contributed by atoms with Gasteiger partial charge in [0.1, 0.15) is 5.75 Å². The molecule has 4 aromatic rings. The highest BCUT2D eigenvalue weighted by Crippen LogP contribution is 2.35. The first kappa shape index (κ1) is 29.9. The van der Waals surface area contributed by atoms with Crippen LogP contribution in [0, 0.1) is 6.92 Å². The number of aryl methyl sites for hydroxylation is 1. The van der Waals surface area contributed by atoms with Crippen molar-refractivity contribution >= 4 is 23.4 Å². The summed E-state index contributed by atoms with van der Waals surface area (Å²) in [6.45, 7) is 3.73. The number of aromatic nitrogens is 1. The zero-order chi connectivity index (χ0) is 30.4. The fraction of sp³-hybridized carbons (Fsp3) is 0.194. The molecule has 0 aliphatic carbocycles. The minimum absolute atomic E-state index is 0.0190. The summed E-state index contributed by atoms with van der Waals surface area (Å²) in [5.41, 5.74) is 2.25. The normalized spacial score (nSPS) is 11.9. The smallest absolute Gasteiger partial charge is 0.481 e. The van der Waals surface area contributed by atoms with Gasteiger partial charge in [0.05, 0.1) is 18.5 Å². The van der Waals surface area contributed by atoms with Gasteiger partial charge in [0.2, 0.25) is 0 Å². The van der Waals surface area contributed by atoms with Gasteiger partial charge in [-0.3, -0.25) is 9.59 Å². The molecule has 0 saturated carbocycles. The third-order valence-electron chi connectivity index (χ3n) is 6.55. The third kappa shape index (κ3) is 7.78. The highest BCUT2D eigenvalue weighted by molar-refractivity contribution is 6.00. The third-order valence-corrected chi connectivity index (χ3v) is 6.55. The van der Waals surface area contributed by atoms with E-state index in [1.807, 2.05) is 0 Å². The molecule has 1 heterocycles. The number of hydrogen-bond donors (Lipinski definition) is 3. The fourth-order valence-corrected chi connectivity index (χ4v) is 4.42. The number of carboxylic acids is 1. The summed E-state index contributed by atoms with van der Waals surface area (Å²) in [5.74, 6) is -1.75. The Morgan fingerprint density at radius 2 is 1.67 bits per heavy atom. The molecule has 0 spiro atoms. The first-order chi connectivity index (χ1) is 19.9. The number of carbonyl (C=O) groups excluding carboxylic acids is 1. The van der Waals surface area contributed by atoms with Crippen LogP contribution in [0.4, 0.5) is 29.3 Å². The molecular formula is C31H28F3N3O5. The second kappa shape index (κ2) is 12.6. The van der Waals surface area contributed by atoms with Crippen molar-refractivity contribution in [1.29, 1.82) is 0 Å². The highest BCUT2D eigenvalue weighted by atomic mass is 19.4. The molecule has 4 rings (SSSR count). The van der Waals surface area contributed by atoms with Crippen LogP contribution in [0.1, 0.15) is 36.0 Å². The summed E-state index contributed by atoms with van der Waals surface area (Å²) in [6.07, 6.45) is -3.55. The van der Waals surface area contributed by atoms with Crippen LogP contribution in [-0.4, -0.2) is 28.0 Å². The maximum absolute atomic E-state index is 13.4. The van der Waals surface area contributed by atoms with Crippen molar-refractivity contribution in [3.63, 3.8) is 0 Å². The van der Waals surface area contributed by atoms with E-state index >= 15 is 0 Å². The van der Waals surface area contributed by atoms with E-state index in [1.54, 1.807) is 68.4 Å². The minimum atomic E-state index is -5.05. The number of halogens is 3. The van der Waals surface area contributed by atoms with Gasteiger partial charge in [-0.05, 0) is 59.9 Å². The molecule has 3 N–H and O–H groups in total. The zero-order valence-electron chi connectivity index (χ0n) is 22.7. The maximum Gasteiger partial charge on any atom is 0.573 e. The molecule has 11 heteroatoms. The predicted octanol–water partition coefficient (Wildman–Crippen LogP) is 6.99. The number of para-hydroxylation sites is 1. The zero-order valence-corrected chi connectivity index (χ0v) is 22.7. The molecule has 42 heavy (non-hydrogen) atoms. The maximum atomic E-state index is 13.4. The van der Waals surface area contributed by atoms with E-state index in [0.29, 0.717) is 5.69 Å². The number of rotatable bonds is 9.